The van der Waals surface area contributed by atoms with Crippen LogP contribution in [0.1, 0.15) is 13.8 Å². The predicted octanol–water partition coefficient (Wildman–Crippen LogP) is 1.60. The summed E-state index contributed by atoms with van der Waals surface area (Å²) >= 11 is 6.32. The first kappa shape index (κ1) is 17.4. The van der Waals surface area contributed by atoms with E-state index in [9.17, 15) is 13.2 Å². The smallest absolute Gasteiger partial charge is 0.243 e. The fourth-order valence-corrected chi connectivity index (χ4v) is 5.33. The number of likely N-dealkylation sites (N-methyl/N-ethyl adjacent to an activating group) is 1. The Kier molecular flexibility index (Phi) is 5.99. The number of carbonyl (C=O) groups is 1. The van der Waals surface area contributed by atoms with Crippen molar-refractivity contribution in [1.29, 1.82) is 0 Å². The highest BCUT2D eigenvalue weighted by atomic mass is 79.9. The van der Waals surface area contributed by atoms with Crippen LogP contribution in [0.5, 0.6) is 0 Å². The summed E-state index contributed by atoms with van der Waals surface area (Å²) in [5.74, 6) is -0.390. The molecule has 1 aromatic rings. The molecule has 112 valence electrons. The van der Waals surface area contributed by atoms with Gasteiger partial charge in [-0.3, -0.25) is 4.79 Å². The molecule has 1 amide bonds. The summed E-state index contributed by atoms with van der Waals surface area (Å²) < 4.78 is 27.6. The minimum Gasteiger partial charge on any atom is -0.399 e. The summed E-state index contributed by atoms with van der Waals surface area (Å²) in [4.78, 5) is 11.6. The van der Waals surface area contributed by atoms with Crippen molar-refractivity contribution in [3.05, 3.63) is 21.1 Å². The SMILES string of the molecule is CCNC(=O)C(C)NS(=O)(=O)c1c(Br)cc(N)cc1Br. The largest absolute Gasteiger partial charge is 0.399 e. The molecule has 4 N–H and O–H groups in total. The number of amides is 1. The van der Waals surface area contributed by atoms with Gasteiger partial charge in [0.25, 0.3) is 0 Å². The van der Waals surface area contributed by atoms with Crippen LogP contribution in [-0.4, -0.2) is 26.9 Å². The Morgan fingerprint density at radius 2 is 1.85 bits per heavy atom. The Hall–Kier alpha value is -0.640. The van der Waals surface area contributed by atoms with Gasteiger partial charge in [0.1, 0.15) is 4.90 Å². The van der Waals surface area contributed by atoms with Crippen LogP contribution in [0.15, 0.2) is 26.0 Å². The number of halogens is 2. The van der Waals surface area contributed by atoms with Gasteiger partial charge in [-0.15, -0.1) is 0 Å². The molecule has 1 atom stereocenters. The molecule has 9 heteroatoms. The Labute approximate surface area is 134 Å². The summed E-state index contributed by atoms with van der Waals surface area (Å²) in [7, 11) is -3.86. The number of hydrogen-bond donors (Lipinski definition) is 3. The van der Waals surface area contributed by atoms with E-state index >= 15 is 0 Å². The molecule has 1 rings (SSSR count). The van der Waals surface area contributed by atoms with Crippen LogP contribution in [0.3, 0.4) is 0 Å². The maximum Gasteiger partial charge on any atom is 0.243 e. The van der Waals surface area contributed by atoms with Gasteiger partial charge in [-0.2, -0.15) is 4.72 Å². The van der Waals surface area contributed by atoms with Crippen LogP contribution in [0.25, 0.3) is 0 Å². The minimum atomic E-state index is -3.86. The number of hydrogen-bond acceptors (Lipinski definition) is 4. The van der Waals surface area contributed by atoms with Crippen molar-refractivity contribution in [2.24, 2.45) is 0 Å². The minimum absolute atomic E-state index is 0.00264. The third-order valence-electron chi connectivity index (χ3n) is 2.37. The summed E-state index contributed by atoms with van der Waals surface area (Å²) in [5, 5.41) is 2.55. The number of nitrogens with two attached hydrogens (primary N) is 1. The highest BCUT2D eigenvalue weighted by molar-refractivity contribution is 9.11. The molecule has 20 heavy (non-hydrogen) atoms. The lowest BCUT2D eigenvalue weighted by Gasteiger charge is -2.15. The van der Waals surface area contributed by atoms with E-state index in [2.05, 4.69) is 41.9 Å². The monoisotopic (exact) mass is 427 g/mol. The molecule has 0 fully saturated rings. The molecular weight excluding hydrogens is 414 g/mol. The molecule has 6 nitrogen and oxygen atoms in total. The van der Waals surface area contributed by atoms with E-state index in [1.807, 2.05) is 0 Å². The van der Waals surface area contributed by atoms with Crippen molar-refractivity contribution in [3.8, 4) is 0 Å². The molecule has 0 saturated carbocycles. The molecule has 0 radical (unpaired) electrons. The number of sulfonamides is 1. The van der Waals surface area contributed by atoms with Crippen LogP contribution in [0.2, 0.25) is 0 Å². The summed E-state index contributed by atoms with van der Waals surface area (Å²) in [6, 6.07) is 2.09. The standard InChI is InChI=1S/C11H15Br2N3O3S/c1-3-15-11(17)6(2)16-20(18,19)10-8(12)4-7(14)5-9(10)13/h4-6,16H,3,14H2,1-2H3,(H,15,17). The van der Waals surface area contributed by atoms with Crippen LogP contribution in [-0.2, 0) is 14.8 Å². The van der Waals surface area contributed by atoms with E-state index in [4.69, 9.17) is 5.73 Å². The molecule has 0 spiro atoms. The van der Waals surface area contributed by atoms with E-state index in [0.717, 1.165) is 0 Å². The number of nitrogen functional groups attached to an aromatic ring is 1. The van der Waals surface area contributed by atoms with Crippen molar-refractivity contribution in [2.75, 3.05) is 12.3 Å². The van der Waals surface area contributed by atoms with Gasteiger partial charge in [0.2, 0.25) is 15.9 Å². The van der Waals surface area contributed by atoms with Gasteiger partial charge in [-0.25, -0.2) is 8.42 Å². The van der Waals surface area contributed by atoms with Gasteiger partial charge in [0.05, 0.1) is 6.04 Å². The third-order valence-corrected chi connectivity index (χ3v) is 5.78. The molecule has 0 heterocycles. The summed E-state index contributed by atoms with van der Waals surface area (Å²) in [6.45, 7) is 3.66. The van der Waals surface area contributed by atoms with Crippen LogP contribution < -0.4 is 15.8 Å². The van der Waals surface area contributed by atoms with Gasteiger partial charge in [0, 0.05) is 21.2 Å². The second kappa shape index (κ2) is 6.88. The zero-order chi connectivity index (χ0) is 15.5. The van der Waals surface area contributed by atoms with Gasteiger partial charge < -0.3 is 11.1 Å². The quantitative estimate of drug-likeness (QED) is 0.619. The molecule has 0 aromatic heterocycles. The Bertz CT molecular complexity index is 596. The van der Waals surface area contributed by atoms with Crippen molar-refractivity contribution in [1.82, 2.24) is 10.0 Å². The first-order valence-electron chi connectivity index (χ1n) is 5.73. The third kappa shape index (κ3) is 4.18. The Morgan fingerprint density at radius 1 is 1.35 bits per heavy atom. The fraction of sp³-hybridized carbons (Fsp3) is 0.364. The average Bonchev–Trinajstić information content (AvgIpc) is 2.26. The molecular formula is C11H15Br2N3O3S. The molecule has 1 aromatic carbocycles. The van der Waals surface area contributed by atoms with Crippen molar-refractivity contribution >= 4 is 53.5 Å². The van der Waals surface area contributed by atoms with Crippen molar-refractivity contribution < 1.29 is 13.2 Å². The van der Waals surface area contributed by atoms with E-state index in [-0.39, 0.29) is 4.90 Å². The van der Waals surface area contributed by atoms with Gasteiger partial charge in [0.15, 0.2) is 0 Å². The highest BCUT2D eigenvalue weighted by Gasteiger charge is 2.26. The van der Waals surface area contributed by atoms with E-state index in [1.54, 1.807) is 6.92 Å². The second-order valence-corrected chi connectivity index (χ2v) is 7.41. The van der Waals surface area contributed by atoms with E-state index in [1.165, 1.54) is 19.1 Å². The zero-order valence-corrected chi connectivity index (χ0v) is 14.9. The van der Waals surface area contributed by atoms with Gasteiger partial charge in [-0.1, -0.05) is 0 Å². The van der Waals surface area contributed by atoms with E-state index < -0.39 is 22.0 Å². The maximum absolute atomic E-state index is 12.3. The number of nitrogens with one attached hydrogen (secondary N) is 2. The predicted molar refractivity (Wildman–Crippen MR) is 84.7 cm³/mol. The summed E-state index contributed by atoms with van der Waals surface area (Å²) in [5.41, 5.74) is 6.04. The lowest BCUT2D eigenvalue weighted by Crippen LogP contribution is -2.44. The number of benzene rings is 1. The molecule has 0 saturated heterocycles. The summed E-state index contributed by atoms with van der Waals surface area (Å²) in [6.07, 6.45) is 0. The zero-order valence-electron chi connectivity index (χ0n) is 10.9. The topological polar surface area (TPSA) is 101 Å². The van der Waals surface area contributed by atoms with E-state index in [0.29, 0.717) is 21.2 Å². The van der Waals surface area contributed by atoms with Crippen molar-refractivity contribution in [2.45, 2.75) is 24.8 Å². The number of carbonyl (C=O) groups excluding carboxylic acids is 1. The average molecular weight is 429 g/mol. The van der Waals surface area contributed by atoms with Gasteiger partial charge >= 0.3 is 0 Å². The molecule has 0 aliphatic carbocycles. The van der Waals surface area contributed by atoms with Crippen LogP contribution >= 0.6 is 31.9 Å². The first-order chi connectivity index (χ1) is 9.19. The fourth-order valence-electron chi connectivity index (χ4n) is 1.51. The van der Waals surface area contributed by atoms with Crippen LogP contribution in [0.4, 0.5) is 5.69 Å². The Morgan fingerprint density at radius 3 is 2.30 bits per heavy atom. The molecule has 0 bridgehead atoms. The molecule has 1 unspecified atom stereocenters. The molecule has 0 aliphatic heterocycles. The number of rotatable bonds is 5. The van der Waals surface area contributed by atoms with Crippen LogP contribution in [0, 0.1) is 0 Å². The van der Waals surface area contributed by atoms with Gasteiger partial charge in [-0.05, 0) is 57.8 Å². The highest BCUT2D eigenvalue weighted by Crippen LogP contribution is 2.32. The molecule has 0 aliphatic rings. The Balaban J connectivity index is 3.10. The lowest BCUT2D eigenvalue weighted by molar-refractivity contribution is -0.122. The second-order valence-electron chi connectivity index (χ2n) is 4.05. The number of anilines is 1. The first-order valence-corrected chi connectivity index (χ1v) is 8.80. The lowest BCUT2D eigenvalue weighted by atomic mass is 10.3. The maximum atomic E-state index is 12.3. The van der Waals surface area contributed by atoms with Crippen molar-refractivity contribution in [3.63, 3.8) is 0 Å². The normalized spacial score (nSPS) is 13.0.